The smallest absolute Gasteiger partial charge is 0.338 e. The Bertz CT molecular complexity index is 1890. The largest absolute Gasteiger partial charge is 0.349 e. The number of nitrogens with zero attached hydrogens (tertiary/aromatic N) is 6. The summed E-state index contributed by atoms with van der Waals surface area (Å²) < 4.78 is 2.99. The highest BCUT2D eigenvalue weighted by Crippen LogP contribution is 2.10. The molecule has 0 saturated carbocycles. The third-order valence-electron chi connectivity index (χ3n) is 6.30. The lowest BCUT2D eigenvalue weighted by atomic mass is 10.2. The summed E-state index contributed by atoms with van der Waals surface area (Å²) >= 11 is 0. The fraction of sp³-hybridized carbons (Fsp3) is 0.267. The number of nitrogens with one attached hydrogen (secondary N) is 4. The van der Waals surface area contributed by atoms with Gasteiger partial charge in [-0.15, -0.1) is 0 Å². The van der Waals surface area contributed by atoms with Gasteiger partial charge >= 0.3 is 5.69 Å². The average Bonchev–Trinajstić information content (AvgIpc) is 3.36. The highest BCUT2D eigenvalue weighted by Gasteiger charge is 2.14. The molecule has 0 atom stereocenters. The van der Waals surface area contributed by atoms with Gasteiger partial charge in [0.15, 0.2) is 11.2 Å². The van der Waals surface area contributed by atoms with E-state index < -0.39 is 5.69 Å². The second-order valence-corrected chi connectivity index (χ2v) is 10.4. The summed E-state index contributed by atoms with van der Waals surface area (Å²) in [4.78, 5) is 73.4. The average molecular weight is 617 g/mol. The number of carbonyl (C=O) groups excluding carboxylic acids is 3. The number of aromatic amines is 1. The molecule has 0 saturated heterocycles. The summed E-state index contributed by atoms with van der Waals surface area (Å²) in [5.74, 6) is 0.340. The molecular weight excluding hydrogens is 580 g/mol. The molecule has 4 N–H and O–H groups in total. The van der Waals surface area contributed by atoms with Crippen molar-refractivity contribution < 1.29 is 14.4 Å². The van der Waals surface area contributed by atoms with Crippen LogP contribution in [-0.4, -0.2) is 58.7 Å². The van der Waals surface area contributed by atoms with Gasteiger partial charge in [-0.3, -0.25) is 29.5 Å². The third-order valence-corrected chi connectivity index (χ3v) is 6.30. The van der Waals surface area contributed by atoms with Crippen LogP contribution < -0.4 is 27.2 Å². The number of aryl methyl sites for hydroxylation is 3. The Balaban J connectivity index is 0.000000192. The minimum absolute atomic E-state index is 0.0666. The first-order chi connectivity index (χ1) is 21.2. The number of imidazole rings is 1. The Morgan fingerprint density at radius 1 is 0.956 bits per heavy atom. The second-order valence-electron chi connectivity index (χ2n) is 10.4. The summed E-state index contributed by atoms with van der Waals surface area (Å²) in [6.07, 6.45) is 4.89. The minimum Gasteiger partial charge on any atom is -0.338 e. The molecule has 4 aromatic rings. The van der Waals surface area contributed by atoms with Crippen molar-refractivity contribution in [3.63, 3.8) is 0 Å². The molecule has 0 radical (unpaired) electrons. The van der Waals surface area contributed by atoms with Gasteiger partial charge in [-0.25, -0.2) is 9.78 Å². The van der Waals surface area contributed by atoms with Crippen LogP contribution in [0.15, 0.2) is 76.6 Å². The number of aromatic nitrogens is 6. The Morgan fingerprint density at radius 3 is 2.24 bits per heavy atom. The first-order valence-corrected chi connectivity index (χ1v) is 13.7. The maximum Gasteiger partial charge on any atom is 0.349 e. The van der Waals surface area contributed by atoms with Gasteiger partial charge in [-0.2, -0.15) is 9.97 Å². The van der Waals surface area contributed by atoms with Crippen LogP contribution >= 0.6 is 0 Å². The number of anilines is 2. The number of carbonyl (C=O) groups is 3. The van der Waals surface area contributed by atoms with E-state index in [9.17, 15) is 24.0 Å². The number of fused-ring (bicyclic) bond motifs is 1. The van der Waals surface area contributed by atoms with Gasteiger partial charge in [-0.1, -0.05) is 38.6 Å². The molecular formula is C30H36N10O5. The molecule has 0 unspecified atom stereocenters. The fourth-order valence-corrected chi connectivity index (χ4v) is 3.65. The van der Waals surface area contributed by atoms with Crippen LogP contribution in [0.1, 0.15) is 36.7 Å². The maximum atomic E-state index is 11.9. The molecule has 0 spiro atoms. The molecule has 1 aliphatic rings. The van der Waals surface area contributed by atoms with Crippen molar-refractivity contribution in [3.05, 3.63) is 99.0 Å². The molecule has 5 rings (SSSR count). The Kier molecular flexibility index (Phi) is 10.9. The van der Waals surface area contributed by atoms with E-state index in [0.29, 0.717) is 28.4 Å². The SMILES string of the molecule is C=C1NC(=O)C(C)=CN1C.CC(C)C(=O)Nc1nc2c(ncn2C)c(=O)[nH]1.Cc1cn(C)c(=O)nc1NC(=O)c1ccccc1. The summed E-state index contributed by atoms with van der Waals surface area (Å²) in [5.41, 5.74) is 1.90. The van der Waals surface area contributed by atoms with Crippen molar-refractivity contribution in [1.82, 2.24) is 39.3 Å². The zero-order valence-corrected chi connectivity index (χ0v) is 26.1. The van der Waals surface area contributed by atoms with E-state index in [1.165, 1.54) is 10.9 Å². The van der Waals surface area contributed by atoms with Gasteiger partial charge in [-0.05, 0) is 26.0 Å². The number of hydrogen-bond donors (Lipinski definition) is 4. The van der Waals surface area contributed by atoms with Crippen molar-refractivity contribution in [3.8, 4) is 0 Å². The van der Waals surface area contributed by atoms with E-state index in [0.717, 1.165) is 5.56 Å². The van der Waals surface area contributed by atoms with Crippen molar-refractivity contribution in [2.24, 2.45) is 20.0 Å². The molecule has 0 fully saturated rings. The number of hydrogen-bond acceptors (Lipinski definition) is 9. The Hall–Kier alpha value is -5.86. The fourth-order valence-electron chi connectivity index (χ4n) is 3.65. The van der Waals surface area contributed by atoms with E-state index in [-0.39, 0.29) is 40.7 Å². The van der Waals surface area contributed by atoms with Crippen molar-refractivity contribution in [1.29, 1.82) is 0 Å². The van der Waals surface area contributed by atoms with Gasteiger partial charge in [0.2, 0.25) is 11.9 Å². The highest BCUT2D eigenvalue weighted by atomic mass is 16.2. The van der Waals surface area contributed by atoms with Crippen LogP contribution in [0, 0.1) is 12.8 Å². The normalized spacial score (nSPS) is 12.4. The molecule has 15 nitrogen and oxygen atoms in total. The van der Waals surface area contributed by atoms with Crippen molar-refractivity contribution in [2.75, 3.05) is 17.7 Å². The van der Waals surface area contributed by atoms with E-state index in [2.05, 4.69) is 42.5 Å². The molecule has 1 aromatic carbocycles. The standard InChI is InChI=1S/C13H13N3O2.C10H13N5O2.C7H10N2O/c1-9-8-16(2)13(18)15-11(9)14-12(17)10-6-4-3-5-7-10;1-5(2)8(16)13-10-12-7-6(9(17)14-10)11-4-15(7)3;1-5-4-9(3)6(2)8-7(5)10/h3-8H,1-2H3,(H,14,15,17,18);4-5H,1-3H3,(H2,12,13,14,16,17);4H,2H2,1,3H3,(H,8,10). The van der Waals surface area contributed by atoms with Gasteiger partial charge < -0.3 is 24.7 Å². The van der Waals surface area contributed by atoms with Gasteiger partial charge in [0.1, 0.15) is 11.6 Å². The number of H-pyrrole nitrogens is 1. The number of benzene rings is 1. The van der Waals surface area contributed by atoms with Crippen LogP contribution in [0.2, 0.25) is 0 Å². The Morgan fingerprint density at radius 2 is 1.62 bits per heavy atom. The second kappa shape index (κ2) is 14.5. The van der Waals surface area contributed by atoms with Crippen molar-refractivity contribution >= 4 is 40.7 Å². The van der Waals surface area contributed by atoms with E-state index in [4.69, 9.17) is 0 Å². The summed E-state index contributed by atoms with van der Waals surface area (Å²) in [5, 5.41) is 7.78. The molecule has 0 aliphatic carbocycles. The summed E-state index contributed by atoms with van der Waals surface area (Å²) in [7, 11) is 5.19. The lowest BCUT2D eigenvalue weighted by Gasteiger charge is -2.23. The molecule has 236 valence electrons. The number of amides is 3. The molecule has 3 amide bonds. The lowest BCUT2D eigenvalue weighted by Crippen LogP contribution is -2.35. The number of rotatable bonds is 4. The molecule has 1 aliphatic heterocycles. The molecule has 15 heteroatoms. The van der Waals surface area contributed by atoms with E-state index in [1.54, 1.807) is 87.9 Å². The first kappa shape index (κ1) is 33.6. The Labute approximate surface area is 258 Å². The van der Waals surface area contributed by atoms with Crippen LogP contribution in [0.5, 0.6) is 0 Å². The minimum atomic E-state index is -0.399. The van der Waals surface area contributed by atoms with Crippen LogP contribution in [0.25, 0.3) is 11.2 Å². The monoisotopic (exact) mass is 616 g/mol. The van der Waals surface area contributed by atoms with Crippen LogP contribution in [0.4, 0.5) is 11.8 Å². The first-order valence-electron chi connectivity index (χ1n) is 13.7. The van der Waals surface area contributed by atoms with Gasteiger partial charge in [0, 0.05) is 56.2 Å². The molecule has 45 heavy (non-hydrogen) atoms. The topological polar surface area (TPSA) is 189 Å². The summed E-state index contributed by atoms with van der Waals surface area (Å²) in [6, 6.07) is 8.79. The van der Waals surface area contributed by atoms with E-state index in [1.807, 2.05) is 13.1 Å². The molecule has 3 aromatic heterocycles. The van der Waals surface area contributed by atoms with Gasteiger partial charge in [0.25, 0.3) is 17.4 Å². The third kappa shape index (κ3) is 8.82. The zero-order valence-electron chi connectivity index (χ0n) is 26.1. The molecule has 0 bridgehead atoms. The predicted molar refractivity (Wildman–Crippen MR) is 170 cm³/mol. The lowest BCUT2D eigenvalue weighted by molar-refractivity contribution is -0.119. The quantitative estimate of drug-likeness (QED) is 0.266. The predicted octanol–water partition coefficient (Wildman–Crippen LogP) is 2.02. The van der Waals surface area contributed by atoms with E-state index >= 15 is 0 Å². The summed E-state index contributed by atoms with van der Waals surface area (Å²) in [6.45, 7) is 10.7. The van der Waals surface area contributed by atoms with Crippen LogP contribution in [0.3, 0.4) is 0 Å². The zero-order chi connectivity index (χ0) is 33.4. The van der Waals surface area contributed by atoms with Crippen LogP contribution in [-0.2, 0) is 23.7 Å². The maximum absolute atomic E-state index is 11.9. The van der Waals surface area contributed by atoms with Gasteiger partial charge in [0.05, 0.1) is 6.33 Å². The molecule has 4 heterocycles. The van der Waals surface area contributed by atoms with Crippen molar-refractivity contribution in [2.45, 2.75) is 27.7 Å². The highest BCUT2D eigenvalue weighted by molar-refractivity contribution is 6.04.